The molecule has 16 atom stereocenters. The minimum absolute atomic E-state index is 0.00891. The van der Waals surface area contributed by atoms with E-state index in [1.807, 2.05) is 0 Å². The van der Waals surface area contributed by atoms with Crippen LogP contribution in [0.5, 0.6) is 0 Å². The number of nitrogens with zero attached hydrogens (tertiary/aromatic N) is 5. The minimum atomic E-state index is -2.10. The van der Waals surface area contributed by atoms with Crippen LogP contribution >= 0.6 is 0 Å². The number of amides is 16. The molecule has 27 N–H and O–H groups in total. The maximum atomic E-state index is 14.4. The van der Waals surface area contributed by atoms with Gasteiger partial charge in [-0.2, -0.15) is 0 Å². The summed E-state index contributed by atoms with van der Waals surface area (Å²) in [5.41, 5.74) is 17.0. The van der Waals surface area contributed by atoms with E-state index in [0.29, 0.717) is 12.8 Å². The number of aromatic amines is 1. The molecule has 1 aromatic rings. The average Bonchev–Trinajstić information content (AvgIpc) is 1.70. The largest absolute Gasteiger partial charge is 0.481 e. The van der Waals surface area contributed by atoms with Crippen LogP contribution in [0.15, 0.2) is 12.5 Å². The van der Waals surface area contributed by atoms with E-state index < -0.39 is 268 Å². The lowest BCUT2D eigenvalue weighted by Gasteiger charge is -2.33. The number of carboxylic acid groups (broad SMARTS) is 3. The Morgan fingerprint density at radius 3 is 1.33 bits per heavy atom. The fourth-order valence-corrected chi connectivity index (χ4v) is 13.8. The van der Waals surface area contributed by atoms with Crippen molar-refractivity contribution in [1.82, 2.24) is 93.4 Å². The topological polar surface area (TPSA) is 750 Å². The predicted molar refractivity (Wildman–Crippen MR) is 403 cm³/mol. The Bertz CT molecular complexity index is 3710. The van der Waals surface area contributed by atoms with Gasteiger partial charge >= 0.3 is 17.9 Å². The minimum Gasteiger partial charge on any atom is -0.481 e. The van der Waals surface area contributed by atoms with Gasteiger partial charge in [-0.25, -0.2) is 4.98 Å². The summed E-state index contributed by atoms with van der Waals surface area (Å²) < 4.78 is 0. The van der Waals surface area contributed by atoms with Crippen LogP contribution in [0.4, 0.5) is 0 Å². The number of hydrogen-bond acceptors (Lipinski definition) is 28. The van der Waals surface area contributed by atoms with Crippen LogP contribution in [0, 0.1) is 0 Å². The maximum Gasteiger partial charge on any atom is 0.322 e. The second kappa shape index (κ2) is 48.5. The van der Waals surface area contributed by atoms with Crippen LogP contribution in [-0.4, -0.2) is 358 Å². The molecule has 16 amide bonds. The van der Waals surface area contributed by atoms with Gasteiger partial charge in [-0.15, -0.1) is 0 Å². The molecule has 0 bridgehead atoms. The number of rotatable bonds is 49. The monoisotopic (exact) mass is 1680 g/mol. The lowest BCUT2D eigenvalue weighted by Crippen LogP contribution is -2.63. The highest BCUT2D eigenvalue weighted by atomic mass is 16.4. The highest BCUT2D eigenvalue weighted by molar-refractivity contribution is 6.02. The molecule has 5 rings (SSSR count). The van der Waals surface area contributed by atoms with Gasteiger partial charge in [-0.1, -0.05) is 0 Å². The Hall–Kier alpha value is -11.2. The first kappa shape index (κ1) is 97.4. The van der Waals surface area contributed by atoms with E-state index in [0.717, 1.165) is 28.5 Å². The number of carbonyl (C=O) groups excluding carboxylic acids is 16. The molecule has 0 saturated carbocycles. The van der Waals surface area contributed by atoms with Gasteiger partial charge in [0.2, 0.25) is 94.5 Å². The van der Waals surface area contributed by atoms with Crippen LogP contribution in [-0.2, 0) is 97.5 Å². The Morgan fingerprint density at radius 2 is 0.847 bits per heavy atom. The highest BCUT2D eigenvalue weighted by Crippen LogP contribution is 2.27. The summed E-state index contributed by atoms with van der Waals surface area (Å²) in [7, 11) is 0. The van der Waals surface area contributed by atoms with Crippen molar-refractivity contribution in [2.45, 2.75) is 226 Å². The molecule has 4 aliphatic rings. The molecular formula is C70H111N21O27. The normalized spacial score (nSPS) is 19.4. The molecule has 48 nitrogen and oxygen atoms in total. The first-order chi connectivity index (χ1) is 56.0. The zero-order valence-corrected chi connectivity index (χ0v) is 65.4. The number of carbonyl (C=O) groups is 19. The molecule has 118 heavy (non-hydrogen) atoms. The number of nitrogens with two attached hydrogens (primary N) is 3. The third kappa shape index (κ3) is 29.2. The van der Waals surface area contributed by atoms with E-state index in [4.69, 9.17) is 22.3 Å². The standard InChI is InChI=1S/C70H111N21O27/c1-35(95)55(86-58(106)39(12-4-6-20-72)79-59(107)42(26-53(101)102)81-61(109)43(31-92)83-57(105)38(11-3-5-19-71)80-63(111)47-14-8-22-89(47)67(115)40(17-18-52(99)100)78-50(97)27-73)65(113)82-41(25-37-28-74-34-77-37)60(108)87-56(36(2)96)66(114)85-45(33-94)69(117)91-24-10-16-49(91)70(118)90-23-9-15-48(90)64(112)84-44(32-93)68(116)88-21-7-13-46(88)62(110)76-29-51(98)75-30-54(103)104/h28,34-36,38-49,55-56,92-96H,3-27,29-33,71-73H2,1-2H3,(H,74,77)(H,75,98)(H,76,110)(H,78,97)(H,79,107)(H,80,111)(H,81,109)(H,82,113)(H,83,105)(H,84,112)(H,85,114)(H,86,106)(H,87,108)(H,99,100)(H,101,102)(H,103,104)/t35-,36-,38+,39+,40+,41+,42+,43+,44+,45+,46+,47+,48+,49+,55+,56+/m1/s1. The van der Waals surface area contributed by atoms with E-state index in [2.05, 4.69) is 73.8 Å². The van der Waals surface area contributed by atoms with E-state index in [9.17, 15) is 127 Å². The molecule has 0 aliphatic carbocycles. The SMILES string of the molecule is C[C@@H](O)[C@H](NC(=O)[C@H](CCCCN)NC(=O)[C@H](CC(=O)O)NC(=O)[C@H](CO)NC(=O)[C@H](CCCCN)NC(=O)[C@@H]1CCCN1C(=O)[C@H](CCC(=O)O)NC(=O)CN)C(=O)N[C@@H](Cc1cnc[nH]1)C(=O)N[C@H](C(=O)N[C@@H](CO)C(=O)N1CCC[C@H]1C(=O)N1CCC[C@H]1C(=O)N[C@@H](CO)C(=O)N1CCC[C@H]1C(=O)NCC(=O)NCC(=O)O)[C@@H](C)O. The van der Waals surface area contributed by atoms with Crippen molar-refractivity contribution in [3.63, 3.8) is 0 Å². The molecule has 0 radical (unpaired) electrons. The van der Waals surface area contributed by atoms with Gasteiger partial charge in [-0.3, -0.25) is 91.1 Å². The smallest absolute Gasteiger partial charge is 0.322 e. The number of hydrogen-bond donors (Lipinski definition) is 24. The van der Waals surface area contributed by atoms with Gasteiger partial charge in [0.1, 0.15) is 91.1 Å². The Kier molecular flexibility index (Phi) is 40.0. The third-order valence-electron chi connectivity index (χ3n) is 20.0. The predicted octanol–water partition coefficient (Wildman–Crippen LogP) is -12.6. The second-order valence-electron chi connectivity index (χ2n) is 28.8. The highest BCUT2D eigenvalue weighted by Gasteiger charge is 2.47. The van der Waals surface area contributed by atoms with E-state index >= 15 is 0 Å². The van der Waals surface area contributed by atoms with Crippen molar-refractivity contribution < 1.29 is 132 Å². The van der Waals surface area contributed by atoms with Gasteiger partial charge in [0.15, 0.2) is 0 Å². The van der Waals surface area contributed by atoms with Crippen molar-refractivity contribution in [3.8, 4) is 0 Å². The fourth-order valence-electron chi connectivity index (χ4n) is 13.8. The average molecular weight is 1680 g/mol. The first-order valence-electron chi connectivity index (χ1n) is 38.8. The molecule has 4 saturated heterocycles. The van der Waals surface area contributed by atoms with Gasteiger partial charge < -0.3 is 146 Å². The number of H-pyrrole nitrogens is 1. The van der Waals surface area contributed by atoms with Gasteiger partial charge in [0.05, 0.1) is 57.9 Å². The molecular weight excluding hydrogens is 1570 g/mol. The summed E-state index contributed by atoms with van der Waals surface area (Å²) in [6.07, 6.45) is -2.08. The molecule has 48 heteroatoms. The quantitative estimate of drug-likeness (QED) is 0.0269. The second-order valence-corrected chi connectivity index (χ2v) is 28.8. The van der Waals surface area contributed by atoms with Crippen molar-refractivity contribution in [3.05, 3.63) is 18.2 Å². The van der Waals surface area contributed by atoms with Crippen LogP contribution in [0.2, 0.25) is 0 Å². The maximum absolute atomic E-state index is 14.4. The molecule has 0 spiro atoms. The molecule has 4 aliphatic heterocycles. The van der Waals surface area contributed by atoms with Crippen LogP contribution in [0.1, 0.15) is 129 Å². The first-order valence-corrected chi connectivity index (χ1v) is 38.8. The van der Waals surface area contributed by atoms with Gasteiger partial charge in [0.25, 0.3) is 0 Å². The summed E-state index contributed by atoms with van der Waals surface area (Å²) in [4.78, 5) is 266. The summed E-state index contributed by atoms with van der Waals surface area (Å²) >= 11 is 0. The lowest BCUT2D eigenvalue weighted by atomic mass is 10.0. The third-order valence-corrected chi connectivity index (χ3v) is 20.0. The van der Waals surface area contributed by atoms with Crippen LogP contribution < -0.4 is 81.0 Å². The van der Waals surface area contributed by atoms with E-state index in [-0.39, 0.29) is 128 Å². The van der Waals surface area contributed by atoms with E-state index in [1.165, 1.54) is 17.4 Å². The molecule has 0 unspecified atom stereocenters. The van der Waals surface area contributed by atoms with Crippen molar-refractivity contribution in [2.24, 2.45) is 17.2 Å². The molecule has 1 aromatic heterocycles. The Labute approximate surface area is 675 Å². The number of aliphatic hydroxyl groups is 5. The van der Waals surface area contributed by atoms with Gasteiger partial charge in [-0.05, 0) is 123 Å². The summed E-state index contributed by atoms with van der Waals surface area (Å²) in [6, 6.07) is -22.9. The number of aromatic nitrogens is 2. The Balaban J connectivity index is 1.26. The molecule has 658 valence electrons. The number of likely N-dealkylation sites (tertiary alicyclic amines) is 4. The Morgan fingerprint density at radius 1 is 0.432 bits per heavy atom. The molecule has 5 heterocycles. The van der Waals surface area contributed by atoms with Crippen molar-refractivity contribution in [2.75, 3.05) is 78.7 Å². The number of nitrogens with one attached hydrogen (secondary N) is 13. The summed E-state index contributed by atoms with van der Waals surface area (Å²) in [5, 5.41) is 109. The number of aliphatic hydroxyl groups excluding tert-OH is 5. The zero-order valence-electron chi connectivity index (χ0n) is 65.4. The fraction of sp³-hybridized carbons (Fsp3) is 0.686. The lowest BCUT2D eigenvalue weighted by molar-refractivity contribution is -0.149. The molecule has 0 aromatic carbocycles. The van der Waals surface area contributed by atoms with Crippen LogP contribution in [0.3, 0.4) is 0 Å². The van der Waals surface area contributed by atoms with Crippen LogP contribution in [0.25, 0.3) is 0 Å². The summed E-state index contributed by atoms with van der Waals surface area (Å²) in [5.74, 6) is -20.6. The summed E-state index contributed by atoms with van der Waals surface area (Å²) in [6.45, 7) is -2.93. The van der Waals surface area contributed by atoms with Crippen molar-refractivity contribution >= 4 is 112 Å². The zero-order chi connectivity index (χ0) is 87.6. The van der Waals surface area contributed by atoms with Crippen molar-refractivity contribution in [1.29, 1.82) is 0 Å². The van der Waals surface area contributed by atoms with Gasteiger partial charge in [0, 0.05) is 50.9 Å². The molecule has 4 fully saturated rings. The number of aliphatic carboxylic acids is 3. The number of unbranched alkanes of at least 4 members (excludes halogenated alkanes) is 2. The number of carboxylic acids is 3. The number of imidazole rings is 1. The van der Waals surface area contributed by atoms with E-state index in [1.54, 1.807) is 0 Å².